The van der Waals surface area contributed by atoms with Crippen molar-refractivity contribution in [3.05, 3.63) is 48.0 Å². The van der Waals surface area contributed by atoms with E-state index in [4.69, 9.17) is 4.74 Å². The summed E-state index contributed by atoms with van der Waals surface area (Å²) >= 11 is 0. The van der Waals surface area contributed by atoms with E-state index in [1.165, 1.54) is 0 Å². The van der Waals surface area contributed by atoms with Crippen LogP contribution < -0.4 is 5.32 Å². The first-order chi connectivity index (χ1) is 12.0. The van der Waals surface area contributed by atoms with Gasteiger partial charge in [-0.1, -0.05) is 42.5 Å². The van der Waals surface area contributed by atoms with Crippen molar-refractivity contribution >= 4 is 17.9 Å². The van der Waals surface area contributed by atoms with Crippen LogP contribution in [-0.4, -0.2) is 36.0 Å². The van der Waals surface area contributed by atoms with E-state index in [1.54, 1.807) is 31.2 Å². The van der Waals surface area contributed by atoms with Crippen molar-refractivity contribution in [2.24, 2.45) is 5.92 Å². The number of rotatable bonds is 5. The zero-order chi connectivity index (χ0) is 17.9. The van der Waals surface area contributed by atoms with E-state index in [9.17, 15) is 14.4 Å². The second-order valence-electron chi connectivity index (χ2n) is 6.65. The summed E-state index contributed by atoms with van der Waals surface area (Å²) in [5, 5.41) is 2.68. The fraction of sp³-hybridized carbons (Fsp3) is 0.421. The average molecular weight is 342 g/mol. The molecule has 1 fully saturated rings. The van der Waals surface area contributed by atoms with Crippen molar-refractivity contribution in [2.75, 3.05) is 13.2 Å². The average Bonchev–Trinajstić information content (AvgIpc) is 2.86. The van der Waals surface area contributed by atoms with Crippen LogP contribution >= 0.6 is 0 Å². The van der Waals surface area contributed by atoms with Crippen LogP contribution in [0.5, 0.6) is 0 Å². The van der Waals surface area contributed by atoms with Gasteiger partial charge in [-0.2, -0.15) is 0 Å². The summed E-state index contributed by atoms with van der Waals surface area (Å²) in [6.45, 7) is 1.60. The highest BCUT2D eigenvalue weighted by atomic mass is 16.5. The van der Waals surface area contributed by atoms with Crippen LogP contribution in [0.25, 0.3) is 0 Å². The largest absolute Gasteiger partial charge is 0.464 e. The van der Waals surface area contributed by atoms with E-state index in [0.717, 1.165) is 24.2 Å². The second-order valence-corrected chi connectivity index (χ2v) is 6.65. The van der Waals surface area contributed by atoms with Gasteiger partial charge in [-0.25, -0.2) is 4.79 Å². The maximum absolute atomic E-state index is 12.7. The molecule has 3 rings (SSSR count). The standard InChI is InChI=1S/C19H22N2O4/c1-19(15-10-6-3-7-11-15)17(23)21(18(24)20-19)12-16(22)25-13-14-8-4-2-5-9-14/h2-4,6-7,10-11,14H,5,8-9,12-13H2,1H3,(H,20,24)/t14-,19-/m1/s1. The lowest BCUT2D eigenvalue weighted by atomic mass is 9.92. The first-order valence-electron chi connectivity index (χ1n) is 8.51. The molecular formula is C19H22N2O4. The molecule has 1 aromatic carbocycles. The number of urea groups is 1. The number of carbonyl (C=O) groups is 3. The van der Waals surface area contributed by atoms with Crippen LogP contribution in [0.1, 0.15) is 31.7 Å². The SMILES string of the molecule is C[C@]1(c2ccccc2)NC(=O)N(CC(=O)OC[C@@H]2CC=CCC2)C1=O. The predicted molar refractivity (Wildman–Crippen MR) is 91.5 cm³/mol. The molecule has 0 saturated carbocycles. The summed E-state index contributed by atoms with van der Waals surface area (Å²) in [6, 6.07) is 8.41. The van der Waals surface area contributed by atoms with Crippen molar-refractivity contribution < 1.29 is 19.1 Å². The molecule has 1 aliphatic heterocycles. The predicted octanol–water partition coefficient (Wildman–Crippen LogP) is 2.35. The van der Waals surface area contributed by atoms with E-state index in [-0.39, 0.29) is 6.54 Å². The molecule has 6 heteroatoms. The summed E-state index contributed by atoms with van der Waals surface area (Å²) in [4.78, 5) is 37.9. The molecule has 0 bridgehead atoms. The Kier molecular flexibility index (Phi) is 4.88. The topological polar surface area (TPSA) is 75.7 Å². The molecular weight excluding hydrogens is 320 g/mol. The molecule has 0 spiro atoms. The number of amides is 3. The van der Waals surface area contributed by atoms with Crippen LogP contribution in [0.3, 0.4) is 0 Å². The Morgan fingerprint density at radius 3 is 2.72 bits per heavy atom. The minimum Gasteiger partial charge on any atom is -0.464 e. The third-order valence-corrected chi connectivity index (χ3v) is 4.77. The molecule has 25 heavy (non-hydrogen) atoms. The van der Waals surface area contributed by atoms with E-state index in [0.29, 0.717) is 18.1 Å². The lowest BCUT2D eigenvalue weighted by Gasteiger charge is -2.22. The van der Waals surface area contributed by atoms with Gasteiger partial charge in [0.2, 0.25) is 0 Å². The number of imide groups is 1. The van der Waals surface area contributed by atoms with Crippen LogP contribution in [-0.2, 0) is 19.9 Å². The highest BCUT2D eigenvalue weighted by molar-refractivity contribution is 6.08. The molecule has 0 radical (unpaired) electrons. The summed E-state index contributed by atoms with van der Waals surface area (Å²) in [7, 11) is 0. The van der Waals surface area contributed by atoms with Crippen LogP contribution in [0.2, 0.25) is 0 Å². The number of ether oxygens (including phenoxy) is 1. The van der Waals surface area contributed by atoms with E-state index < -0.39 is 23.4 Å². The number of nitrogens with one attached hydrogen (secondary N) is 1. The third kappa shape index (κ3) is 3.57. The highest BCUT2D eigenvalue weighted by Crippen LogP contribution is 2.28. The fourth-order valence-electron chi connectivity index (χ4n) is 3.20. The maximum atomic E-state index is 12.7. The van der Waals surface area contributed by atoms with Gasteiger partial charge in [0, 0.05) is 0 Å². The van der Waals surface area contributed by atoms with Gasteiger partial charge in [-0.15, -0.1) is 0 Å². The molecule has 1 aliphatic carbocycles. The fourth-order valence-corrected chi connectivity index (χ4v) is 3.20. The Labute approximate surface area is 146 Å². The minimum absolute atomic E-state index is 0.312. The molecule has 1 aromatic rings. The number of hydrogen-bond acceptors (Lipinski definition) is 4. The number of hydrogen-bond donors (Lipinski definition) is 1. The highest BCUT2D eigenvalue weighted by Gasteiger charge is 2.49. The van der Waals surface area contributed by atoms with Crippen molar-refractivity contribution in [3.63, 3.8) is 0 Å². The Morgan fingerprint density at radius 1 is 1.28 bits per heavy atom. The van der Waals surface area contributed by atoms with Gasteiger partial charge in [-0.05, 0) is 37.7 Å². The van der Waals surface area contributed by atoms with Crippen LogP contribution in [0, 0.1) is 5.92 Å². The van der Waals surface area contributed by atoms with Crippen LogP contribution in [0.4, 0.5) is 4.79 Å². The summed E-state index contributed by atoms with van der Waals surface area (Å²) in [6.07, 6.45) is 7.08. The summed E-state index contributed by atoms with van der Waals surface area (Å²) in [5.41, 5.74) is -0.481. The minimum atomic E-state index is -1.16. The molecule has 2 atom stereocenters. The molecule has 1 N–H and O–H groups in total. The molecule has 132 valence electrons. The van der Waals surface area contributed by atoms with Crippen molar-refractivity contribution in [2.45, 2.75) is 31.7 Å². The van der Waals surface area contributed by atoms with Gasteiger partial charge in [0.15, 0.2) is 0 Å². The zero-order valence-electron chi connectivity index (χ0n) is 14.2. The number of allylic oxidation sites excluding steroid dienone is 2. The van der Waals surface area contributed by atoms with Gasteiger partial charge in [0.05, 0.1) is 6.61 Å². The Morgan fingerprint density at radius 2 is 2.04 bits per heavy atom. The van der Waals surface area contributed by atoms with Crippen molar-refractivity contribution in [1.29, 1.82) is 0 Å². The van der Waals surface area contributed by atoms with Crippen LogP contribution in [0.15, 0.2) is 42.5 Å². The van der Waals surface area contributed by atoms with Gasteiger partial charge >= 0.3 is 12.0 Å². The van der Waals surface area contributed by atoms with Crippen molar-refractivity contribution in [1.82, 2.24) is 10.2 Å². The van der Waals surface area contributed by atoms with E-state index >= 15 is 0 Å². The van der Waals surface area contributed by atoms with Gasteiger partial charge < -0.3 is 10.1 Å². The molecule has 0 aromatic heterocycles. The maximum Gasteiger partial charge on any atom is 0.326 e. The second kappa shape index (κ2) is 7.09. The Hall–Kier alpha value is -2.63. The Balaban J connectivity index is 1.61. The molecule has 2 aliphatic rings. The van der Waals surface area contributed by atoms with E-state index in [1.807, 2.05) is 6.07 Å². The molecule has 0 unspecified atom stereocenters. The lowest BCUT2D eigenvalue weighted by Crippen LogP contribution is -2.41. The van der Waals surface area contributed by atoms with Gasteiger partial charge in [0.25, 0.3) is 5.91 Å². The summed E-state index contributed by atoms with van der Waals surface area (Å²) < 4.78 is 5.27. The third-order valence-electron chi connectivity index (χ3n) is 4.77. The molecule has 6 nitrogen and oxygen atoms in total. The quantitative estimate of drug-likeness (QED) is 0.506. The number of esters is 1. The van der Waals surface area contributed by atoms with E-state index in [2.05, 4.69) is 17.5 Å². The van der Waals surface area contributed by atoms with Crippen molar-refractivity contribution in [3.8, 4) is 0 Å². The molecule has 3 amide bonds. The number of nitrogens with zero attached hydrogens (tertiary/aromatic N) is 1. The lowest BCUT2D eigenvalue weighted by molar-refractivity contribution is -0.149. The zero-order valence-corrected chi connectivity index (χ0v) is 14.2. The summed E-state index contributed by atoms with van der Waals surface area (Å²) in [5.74, 6) is -0.691. The van der Waals surface area contributed by atoms with Gasteiger partial charge in [-0.3, -0.25) is 14.5 Å². The monoisotopic (exact) mass is 342 g/mol. The first kappa shape index (κ1) is 17.2. The molecule has 1 heterocycles. The Bertz CT molecular complexity index is 701. The number of carbonyl (C=O) groups excluding carboxylic acids is 3. The first-order valence-corrected chi connectivity index (χ1v) is 8.51. The normalized spacial score (nSPS) is 25.8. The van der Waals surface area contributed by atoms with Gasteiger partial charge in [0.1, 0.15) is 12.1 Å². The smallest absolute Gasteiger partial charge is 0.326 e. The number of benzene rings is 1. The molecule has 1 saturated heterocycles.